The lowest BCUT2D eigenvalue weighted by molar-refractivity contribution is -0.119. The number of morpholine rings is 1. The van der Waals surface area contributed by atoms with E-state index in [9.17, 15) is 9.59 Å². The van der Waals surface area contributed by atoms with Crippen molar-refractivity contribution in [3.63, 3.8) is 0 Å². The first-order chi connectivity index (χ1) is 17.9. The van der Waals surface area contributed by atoms with Gasteiger partial charge >= 0.3 is 0 Å². The van der Waals surface area contributed by atoms with Gasteiger partial charge in [0.05, 0.1) is 72.0 Å². The highest BCUT2D eigenvalue weighted by molar-refractivity contribution is 7.21. The van der Waals surface area contributed by atoms with Gasteiger partial charge in [-0.3, -0.25) is 19.5 Å². The number of amides is 2. The van der Waals surface area contributed by atoms with Gasteiger partial charge in [0.1, 0.15) is 4.83 Å². The predicted octanol–water partition coefficient (Wildman–Crippen LogP) is 3.08. The number of methoxy groups -OCH3 is 1. The zero-order valence-electron chi connectivity index (χ0n) is 20.7. The summed E-state index contributed by atoms with van der Waals surface area (Å²) in [6.07, 6.45) is 5.04. The third kappa shape index (κ3) is 5.61. The number of anilines is 2. The molecule has 0 radical (unpaired) electrons. The van der Waals surface area contributed by atoms with Crippen molar-refractivity contribution in [2.24, 2.45) is 0 Å². The van der Waals surface area contributed by atoms with Crippen LogP contribution in [-0.2, 0) is 9.53 Å². The molecule has 1 atom stereocenters. The lowest BCUT2D eigenvalue weighted by Crippen LogP contribution is -2.44. The van der Waals surface area contributed by atoms with Gasteiger partial charge in [0, 0.05) is 25.4 Å². The lowest BCUT2D eigenvalue weighted by atomic mass is 10.2. The number of aromatic nitrogens is 4. The highest BCUT2D eigenvalue weighted by Crippen LogP contribution is 2.31. The Hall–Kier alpha value is -3.87. The van der Waals surface area contributed by atoms with Gasteiger partial charge in [0.25, 0.3) is 5.91 Å². The average Bonchev–Trinajstić information content (AvgIpc) is 3.47. The van der Waals surface area contributed by atoms with E-state index < -0.39 is 0 Å². The summed E-state index contributed by atoms with van der Waals surface area (Å²) < 4.78 is 12.4. The molecule has 5 heterocycles. The number of rotatable bonds is 7. The molecule has 1 aliphatic heterocycles. The summed E-state index contributed by atoms with van der Waals surface area (Å²) in [6, 6.07) is 7.22. The van der Waals surface area contributed by atoms with Crippen molar-refractivity contribution in [3.8, 4) is 16.5 Å². The predicted molar refractivity (Wildman–Crippen MR) is 140 cm³/mol. The number of nitrogens with one attached hydrogen (secondary N) is 2. The van der Waals surface area contributed by atoms with Crippen LogP contribution in [0.3, 0.4) is 0 Å². The number of hydrogen-bond acceptors (Lipinski definition) is 9. The second-order valence-corrected chi connectivity index (χ2v) is 9.78. The summed E-state index contributed by atoms with van der Waals surface area (Å²) in [7, 11) is 1.57. The van der Waals surface area contributed by atoms with Crippen LogP contribution in [0.5, 0.6) is 5.88 Å². The number of nitrogens with zero attached hydrogens (tertiary/aromatic N) is 5. The van der Waals surface area contributed by atoms with Gasteiger partial charge in [-0.25, -0.2) is 9.50 Å². The summed E-state index contributed by atoms with van der Waals surface area (Å²) in [4.78, 5) is 38.2. The minimum atomic E-state index is -0.322. The molecule has 1 saturated heterocycles. The van der Waals surface area contributed by atoms with Crippen molar-refractivity contribution in [3.05, 3.63) is 54.1 Å². The third-order valence-corrected chi connectivity index (χ3v) is 7.07. The minimum absolute atomic E-state index is 0.103. The van der Waals surface area contributed by atoms with E-state index in [2.05, 4.69) is 30.6 Å². The molecule has 2 amide bonds. The molecule has 1 fully saturated rings. The molecule has 4 aromatic rings. The number of carbonyl (C=O) groups is 2. The monoisotopic (exact) mass is 521 g/mol. The van der Waals surface area contributed by atoms with E-state index in [0.717, 1.165) is 10.6 Å². The Labute approximate surface area is 217 Å². The zero-order chi connectivity index (χ0) is 25.9. The zero-order valence-corrected chi connectivity index (χ0v) is 21.5. The van der Waals surface area contributed by atoms with Gasteiger partial charge < -0.3 is 20.1 Å². The molecule has 1 unspecified atom stereocenters. The van der Waals surface area contributed by atoms with Crippen molar-refractivity contribution in [1.82, 2.24) is 24.5 Å². The Morgan fingerprint density at radius 1 is 1.27 bits per heavy atom. The number of fused-ring (bicyclic) bond motifs is 1. The summed E-state index contributed by atoms with van der Waals surface area (Å²) in [5.74, 6) is 0.0429. The quantitative estimate of drug-likeness (QED) is 0.380. The van der Waals surface area contributed by atoms with Crippen molar-refractivity contribution in [2.75, 3.05) is 44.0 Å². The van der Waals surface area contributed by atoms with Crippen molar-refractivity contribution >= 4 is 39.4 Å². The average molecular weight is 522 g/mol. The number of hydrogen-bond donors (Lipinski definition) is 2. The second-order valence-electron chi connectivity index (χ2n) is 8.74. The summed E-state index contributed by atoms with van der Waals surface area (Å²) >= 11 is 1.41. The fraction of sp³-hybridized carbons (Fsp3) is 0.320. The number of aryl methyl sites for hydroxylation is 1. The van der Waals surface area contributed by atoms with Crippen LogP contribution in [0, 0.1) is 6.92 Å². The molecule has 0 aliphatic carbocycles. The number of pyridine rings is 2. The van der Waals surface area contributed by atoms with Crippen LogP contribution >= 0.6 is 11.3 Å². The van der Waals surface area contributed by atoms with Crippen LogP contribution in [0.2, 0.25) is 0 Å². The smallest absolute Gasteiger partial charge is 0.260 e. The summed E-state index contributed by atoms with van der Waals surface area (Å²) in [5, 5.41) is 10.1. The Morgan fingerprint density at radius 3 is 2.95 bits per heavy atom. The van der Waals surface area contributed by atoms with E-state index in [1.54, 1.807) is 36.9 Å². The Bertz CT molecular complexity index is 1450. The normalized spacial score (nSPS) is 16.0. The first-order valence-corrected chi connectivity index (χ1v) is 12.6. The molecule has 2 N–H and O–H groups in total. The Balaban J connectivity index is 1.29. The second kappa shape index (κ2) is 10.6. The first kappa shape index (κ1) is 24.8. The van der Waals surface area contributed by atoms with Gasteiger partial charge in [-0.2, -0.15) is 5.10 Å². The van der Waals surface area contributed by atoms with Crippen LogP contribution in [0.1, 0.15) is 23.0 Å². The fourth-order valence-corrected chi connectivity index (χ4v) is 5.11. The third-order valence-electron chi connectivity index (χ3n) is 5.94. The standard InChI is InChI=1S/C25H27N7O4S/c1-15-12-31(7-8-36-15)14-22(33)28-17-9-20(16(2)26-10-17)30-24(34)18-11-27-32-13-21(37-25(18)32)19-5-4-6-23(29-19)35-3/h4-6,9-11,13,15H,7-8,12,14H2,1-3H3,(H,28,33)(H,30,34). The molecule has 37 heavy (non-hydrogen) atoms. The van der Waals surface area contributed by atoms with Crippen LogP contribution in [0.4, 0.5) is 11.4 Å². The summed E-state index contributed by atoms with van der Waals surface area (Å²) in [6.45, 7) is 6.08. The highest BCUT2D eigenvalue weighted by atomic mass is 32.1. The van der Waals surface area contributed by atoms with E-state index in [0.29, 0.717) is 53.0 Å². The number of ether oxygens (including phenoxy) is 2. The maximum atomic E-state index is 13.2. The minimum Gasteiger partial charge on any atom is -0.481 e. The van der Waals surface area contributed by atoms with Crippen LogP contribution < -0.4 is 15.4 Å². The molecular formula is C25H27N7O4S. The molecule has 4 aromatic heterocycles. The van der Waals surface area contributed by atoms with Gasteiger partial charge in [-0.15, -0.1) is 11.3 Å². The first-order valence-electron chi connectivity index (χ1n) is 11.8. The van der Waals surface area contributed by atoms with E-state index in [1.165, 1.54) is 17.5 Å². The molecule has 192 valence electrons. The molecule has 1 aliphatic rings. The maximum Gasteiger partial charge on any atom is 0.260 e. The topological polar surface area (TPSA) is 123 Å². The molecule has 0 spiro atoms. The fourth-order valence-electron chi connectivity index (χ4n) is 4.08. The van der Waals surface area contributed by atoms with Gasteiger partial charge in [0.15, 0.2) is 0 Å². The summed E-state index contributed by atoms with van der Waals surface area (Å²) in [5.41, 5.74) is 2.80. The lowest BCUT2D eigenvalue weighted by Gasteiger charge is -2.30. The van der Waals surface area contributed by atoms with Crippen molar-refractivity contribution in [2.45, 2.75) is 20.0 Å². The molecule has 5 rings (SSSR count). The molecule has 0 aromatic carbocycles. The van der Waals surface area contributed by atoms with Gasteiger partial charge in [0.2, 0.25) is 11.8 Å². The highest BCUT2D eigenvalue weighted by Gasteiger charge is 2.20. The van der Waals surface area contributed by atoms with E-state index in [-0.39, 0.29) is 24.5 Å². The number of thiazole rings is 1. The van der Waals surface area contributed by atoms with Gasteiger partial charge in [-0.1, -0.05) is 6.07 Å². The van der Waals surface area contributed by atoms with Crippen LogP contribution in [0.25, 0.3) is 15.4 Å². The van der Waals surface area contributed by atoms with Gasteiger partial charge in [-0.05, 0) is 26.0 Å². The Kier molecular flexibility index (Phi) is 7.12. The largest absolute Gasteiger partial charge is 0.481 e. The Morgan fingerprint density at radius 2 is 2.14 bits per heavy atom. The van der Waals surface area contributed by atoms with E-state index in [4.69, 9.17) is 9.47 Å². The SMILES string of the molecule is COc1cccc(-c2cn3ncc(C(=O)Nc4cc(NC(=O)CN5CCOC(C)C5)cnc4C)c3s2)n1. The van der Waals surface area contributed by atoms with Crippen molar-refractivity contribution < 1.29 is 19.1 Å². The van der Waals surface area contributed by atoms with E-state index in [1.807, 2.05) is 25.3 Å². The number of carbonyl (C=O) groups excluding carboxylic acids is 2. The van der Waals surface area contributed by atoms with Crippen LogP contribution in [0.15, 0.2) is 42.9 Å². The van der Waals surface area contributed by atoms with E-state index >= 15 is 0 Å². The van der Waals surface area contributed by atoms with Crippen LogP contribution in [-0.4, -0.2) is 75.8 Å². The molecule has 12 heteroatoms. The van der Waals surface area contributed by atoms with Crippen molar-refractivity contribution in [1.29, 1.82) is 0 Å². The molecule has 11 nitrogen and oxygen atoms in total. The maximum absolute atomic E-state index is 13.2. The molecule has 0 saturated carbocycles. The molecular weight excluding hydrogens is 494 g/mol. The molecule has 0 bridgehead atoms.